The van der Waals surface area contributed by atoms with Crippen molar-refractivity contribution in [3.8, 4) is 0 Å². The van der Waals surface area contributed by atoms with Crippen LogP contribution in [0.15, 0.2) is 35.3 Å². The summed E-state index contributed by atoms with van der Waals surface area (Å²) in [6.07, 6.45) is 0. The second-order valence-corrected chi connectivity index (χ2v) is 5.91. The summed E-state index contributed by atoms with van der Waals surface area (Å²) in [6.45, 7) is 12.4. The molecular weight excluding hydrogens is 361 g/mol. The summed E-state index contributed by atoms with van der Waals surface area (Å²) < 4.78 is 0. The Balaban J connectivity index is 0.00000361. The van der Waals surface area contributed by atoms with E-state index in [1.165, 1.54) is 5.56 Å². The summed E-state index contributed by atoms with van der Waals surface area (Å²) in [5, 5.41) is 6.69. The van der Waals surface area contributed by atoms with E-state index in [-0.39, 0.29) is 29.5 Å². The van der Waals surface area contributed by atoms with Crippen molar-refractivity contribution in [2.24, 2.45) is 4.99 Å². The smallest absolute Gasteiger partial charge is 0.191 e. The number of benzene rings is 1. The zero-order chi connectivity index (χ0) is 14.3. The van der Waals surface area contributed by atoms with Gasteiger partial charge >= 0.3 is 0 Å². The average molecular weight is 389 g/mol. The predicted octanol–water partition coefficient (Wildman–Crippen LogP) is 3.76. The summed E-state index contributed by atoms with van der Waals surface area (Å²) in [5.41, 5.74) is 1.36. The molecule has 0 aliphatic rings. The average Bonchev–Trinajstić information content (AvgIpc) is 2.35. The van der Waals surface area contributed by atoms with Gasteiger partial charge in [0.15, 0.2) is 5.96 Å². The van der Waals surface area contributed by atoms with Crippen molar-refractivity contribution in [3.05, 3.63) is 35.9 Å². The molecule has 1 atom stereocenters. The van der Waals surface area contributed by atoms with Gasteiger partial charge in [0.05, 0.1) is 0 Å². The monoisotopic (exact) mass is 389 g/mol. The fourth-order valence-electron chi connectivity index (χ4n) is 1.78. The molecule has 0 radical (unpaired) electrons. The van der Waals surface area contributed by atoms with Crippen LogP contribution in [0.25, 0.3) is 0 Å². The normalized spacial score (nSPS) is 13.3. The molecule has 1 aromatic carbocycles. The van der Waals surface area contributed by atoms with Crippen LogP contribution in [0, 0.1) is 0 Å². The van der Waals surface area contributed by atoms with Crippen molar-refractivity contribution >= 4 is 29.9 Å². The maximum absolute atomic E-state index is 4.67. The second kappa shape index (κ2) is 9.21. The van der Waals surface area contributed by atoms with Gasteiger partial charge < -0.3 is 10.6 Å². The van der Waals surface area contributed by atoms with Crippen LogP contribution in [0.5, 0.6) is 0 Å². The van der Waals surface area contributed by atoms with Gasteiger partial charge in [-0.3, -0.25) is 4.99 Å². The molecule has 4 heteroatoms. The van der Waals surface area contributed by atoms with Crippen molar-refractivity contribution in [1.29, 1.82) is 0 Å². The molecule has 114 valence electrons. The van der Waals surface area contributed by atoms with Crippen LogP contribution < -0.4 is 10.6 Å². The van der Waals surface area contributed by atoms with Crippen LogP contribution in [0.4, 0.5) is 0 Å². The number of aliphatic imine (C=N–C) groups is 1. The fourth-order valence-corrected chi connectivity index (χ4v) is 1.78. The lowest BCUT2D eigenvalue weighted by molar-refractivity contribution is 0.501. The van der Waals surface area contributed by atoms with E-state index in [4.69, 9.17) is 0 Å². The minimum atomic E-state index is 0. The first-order chi connectivity index (χ1) is 8.92. The Labute approximate surface area is 140 Å². The second-order valence-electron chi connectivity index (χ2n) is 5.91. The molecular formula is C16H28IN3. The lowest BCUT2D eigenvalue weighted by atomic mass is 10.0. The van der Waals surface area contributed by atoms with Gasteiger partial charge in [0.2, 0.25) is 0 Å². The highest BCUT2D eigenvalue weighted by Crippen LogP contribution is 2.14. The van der Waals surface area contributed by atoms with Crippen LogP contribution in [0.2, 0.25) is 0 Å². The molecule has 0 bridgehead atoms. The quantitative estimate of drug-likeness (QED) is 0.467. The standard InChI is InChI=1S/C16H27N3.HI/c1-6-17-15(19-16(3,4)5)18-12-13(2)14-10-8-7-9-11-14;/h7-11,13H,6,12H2,1-5H3,(H2,17,18,19);1H. The highest BCUT2D eigenvalue weighted by atomic mass is 127. The van der Waals surface area contributed by atoms with Crippen molar-refractivity contribution in [2.75, 3.05) is 13.1 Å². The van der Waals surface area contributed by atoms with Gasteiger partial charge in [0, 0.05) is 24.5 Å². The van der Waals surface area contributed by atoms with E-state index in [1.54, 1.807) is 0 Å². The molecule has 0 amide bonds. The molecule has 0 saturated heterocycles. The summed E-state index contributed by atoms with van der Waals surface area (Å²) in [6, 6.07) is 10.5. The lowest BCUT2D eigenvalue weighted by Gasteiger charge is -2.24. The summed E-state index contributed by atoms with van der Waals surface area (Å²) in [4.78, 5) is 4.67. The van der Waals surface area contributed by atoms with E-state index in [0.29, 0.717) is 5.92 Å². The van der Waals surface area contributed by atoms with Crippen LogP contribution in [-0.2, 0) is 0 Å². The van der Waals surface area contributed by atoms with Gasteiger partial charge in [-0.1, -0.05) is 37.3 Å². The summed E-state index contributed by atoms with van der Waals surface area (Å²) in [5.74, 6) is 1.31. The molecule has 0 aromatic heterocycles. The van der Waals surface area contributed by atoms with Gasteiger partial charge in [-0.25, -0.2) is 0 Å². The number of hydrogen-bond acceptors (Lipinski definition) is 1. The molecule has 0 fully saturated rings. The number of guanidine groups is 1. The summed E-state index contributed by atoms with van der Waals surface area (Å²) >= 11 is 0. The van der Waals surface area contributed by atoms with Gasteiger partial charge in [0.25, 0.3) is 0 Å². The minimum Gasteiger partial charge on any atom is -0.357 e. The molecule has 2 N–H and O–H groups in total. The summed E-state index contributed by atoms with van der Waals surface area (Å²) in [7, 11) is 0. The molecule has 0 saturated carbocycles. The van der Waals surface area contributed by atoms with Gasteiger partial charge in [0.1, 0.15) is 0 Å². The Kier molecular flexibility index (Phi) is 8.85. The molecule has 1 unspecified atom stereocenters. The van der Waals surface area contributed by atoms with Crippen molar-refractivity contribution in [3.63, 3.8) is 0 Å². The first-order valence-electron chi connectivity index (χ1n) is 7.04. The largest absolute Gasteiger partial charge is 0.357 e. The van der Waals surface area contributed by atoms with Gasteiger partial charge in [-0.15, -0.1) is 24.0 Å². The van der Waals surface area contributed by atoms with Crippen LogP contribution in [0.3, 0.4) is 0 Å². The molecule has 0 heterocycles. The van der Waals surface area contributed by atoms with Crippen LogP contribution in [0.1, 0.15) is 46.1 Å². The number of halogens is 1. The zero-order valence-electron chi connectivity index (χ0n) is 13.2. The Hall–Kier alpha value is -0.780. The van der Waals surface area contributed by atoms with Crippen LogP contribution >= 0.6 is 24.0 Å². The Morgan fingerprint density at radius 3 is 2.30 bits per heavy atom. The first-order valence-corrected chi connectivity index (χ1v) is 7.04. The van der Waals surface area contributed by atoms with Crippen molar-refractivity contribution in [2.45, 2.75) is 46.1 Å². The molecule has 1 aromatic rings. The van der Waals surface area contributed by atoms with E-state index in [2.05, 4.69) is 74.5 Å². The van der Waals surface area contributed by atoms with Gasteiger partial charge in [-0.2, -0.15) is 0 Å². The number of hydrogen-bond donors (Lipinski definition) is 2. The molecule has 0 aliphatic heterocycles. The molecule has 1 rings (SSSR count). The first kappa shape index (κ1) is 19.2. The topological polar surface area (TPSA) is 36.4 Å². The molecule has 0 aliphatic carbocycles. The molecule has 3 nitrogen and oxygen atoms in total. The Morgan fingerprint density at radius 2 is 1.80 bits per heavy atom. The maximum atomic E-state index is 4.67. The highest BCUT2D eigenvalue weighted by Gasteiger charge is 2.12. The highest BCUT2D eigenvalue weighted by molar-refractivity contribution is 14.0. The lowest BCUT2D eigenvalue weighted by Crippen LogP contribution is -2.47. The molecule has 0 spiro atoms. The van der Waals surface area contributed by atoms with Crippen LogP contribution in [-0.4, -0.2) is 24.6 Å². The maximum Gasteiger partial charge on any atom is 0.191 e. The number of nitrogens with zero attached hydrogens (tertiary/aromatic N) is 1. The predicted molar refractivity (Wildman–Crippen MR) is 99.1 cm³/mol. The number of rotatable bonds is 4. The zero-order valence-corrected chi connectivity index (χ0v) is 15.6. The van der Waals surface area contributed by atoms with Crippen molar-refractivity contribution < 1.29 is 0 Å². The van der Waals surface area contributed by atoms with E-state index in [0.717, 1.165) is 19.0 Å². The third-order valence-electron chi connectivity index (χ3n) is 2.73. The van der Waals surface area contributed by atoms with Gasteiger partial charge in [-0.05, 0) is 33.3 Å². The minimum absolute atomic E-state index is 0. The van der Waals surface area contributed by atoms with Crippen molar-refractivity contribution in [1.82, 2.24) is 10.6 Å². The van der Waals surface area contributed by atoms with E-state index < -0.39 is 0 Å². The molecule has 20 heavy (non-hydrogen) atoms. The van der Waals surface area contributed by atoms with E-state index in [1.807, 2.05) is 6.07 Å². The van der Waals surface area contributed by atoms with E-state index in [9.17, 15) is 0 Å². The third kappa shape index (κ3) is 7.72. The fraction of sp³-hybridized carbons (Fsp3) is 0.562. The Bertz CT molecular complexity index is 396. The SMILES string of the molecule is CCNC(=NCC(C)c1ccccc1)NC(C)(C)C.I. The Morgan fingerprint density at radius 1 is 1.20 bits per heavy atom. The third-order valence-corrected chi connectivity index (χ3v) is 2.73. The van der Waals surface area contributed by atoms with E-state index >= 15 is 0 Å². The number of nitrogens with one attached hydrogen (secondary N) is 2.